The van der Waals surface area contributed by atoms with Crippen LogP contribution in [0, 0.1) is 0 Å². The highest BCUT2D eigenvalue weighted by Crippen LogP contribution is 2.50. The third-order valence-electron chi connectivity index (χ3n) is 12.9. The number of para-hydroxylation sites is 1. The van der Waals surface area contributed by atoms with E-state index in [1.807, 2.05) is 6.07 Å². The lowest BCUT2D eigenvalue weighted by Gasteiger charge is -2.32. The number of anilines is 1. The number of fused-ring (bicyclic) bond motifs is 13. The average Bonchev–Trinajstić information content (AvgIpc) is 3.72. The zero-order valence-electron chi connectivity index (χ0n) is 33.1. The van der Waals surface area contributed by atoms with Crippen molar-refractivity contribution in [3.63, 3.8) is 0 Å². The Morgan fingerprint density at radius 1 is 0.426 bits per heavy atom. The molecule has 0 radical (unpaired) electrons. The largest absolute Gasteiger partial charge is 0.455 e. The molecule has 13 rings (SSSR count). The molecular weight excluding hydrogens is 741 g/mol. The van der Waals surface area contributed by atoms with Crippen LogP contribution in [-0.4, -0.2) is 4.98 Å². The molecule has 1 N–H and O–H groups in total. The predicted octanol–water partition coefficient (Wildman–Crippen LogP) is 15.8. The van der Waals surface area contributed by atoms with Crippen molar-refractivity contribution in [3.05, 3.63) is 217 Å². The highest BCUT2D eigenvalue weighted by molar-refractivity contribution is 6.25. The van der Waals surface area contributed by atoms with Gasteiger partial charge in [-0.3, -0.25) is 0 Å². The molecule has 1 atom stereocenters. The average molecular weight is 777 g/mol. The van der Waals surface area contributed by atoms with Gasteiger partial charge in [0, 0.05) is 43.7 Å². The summed E-state index contributed by atoms with van der Waals surface area (Å²) in [6, 6.07) is 74.5. The number of rotatable bonds is 4. The molecule has 0 bridgehead atoms. The first kappa shape index (κ1) is 33.9. The minimum Gasteiger partial charge on any atom is -0.455 e. The van der Waals surface area contributed by atoms with Gasteiger partial charge >= 0.3 is 0 Å². The molecule has 0 fully saturated rings. The van der Waals surface area contributed by atoms with Crippen LogP contribution in [0.3, 0.4) is 0 Å². The van der Waals surface area contributed by atoms with Gasteiger partial charge in [-0.2, -0.15) is 0 Å². The van der Waals surface area contributed by atoms with Gasteiger partial charge in [-0.15, -0.1) is 0 Å². The molecule has 1 aliphatic rings. The Morgan fingerprint density at radius 2 is 1.07 bits per heavy atom. The Hall–Kier alpha value is -8.01. The monoisotopic (exact) mass is 776 g/mol. The van der Waals surface area contributed by atoms with E-state index in [2.05, 4.69) is 206 Å². The summed E-state index contributed by atoms with van der Waals surface area (Å²) in [5, 5.41) is 14.5. The molecule has 0 spiro atoms. The fourth-order valence-corrected chi connectivity index (χ4v) is 9.98. The maximum atomic E-state index is 6.63. The van der Waals surface area contributed by atoms with Crippen LogP contribution in [0.4, 0.5) is 5.69 Å². The number of pyridine rings is 1. The second-order valence-electron chi connectivity index (χ2n) is 16.3. The van der Waals surface area contributed by atoms with E-state index in [0.29, 0.717) is 0 Å². The van der Waals surface area contributed by atoms with E-state index in [9.17, 15) is 0 Å². The molecule has 12 aromatic rings. The molecule has 3 nitrogen and oxygen atoms in total. The van der Waals surface area contributed by atoms with Crippen molar-refractivity contribution in [1.82, 2.24) is 4.98 Å². The Kier molecular flexibility index (Phi) is 7.37. The van der Waals surface area contributed by atoms with E-state index >= 15 is 0 Å². The Labute approximate surface area is 352 Å². The molecule has 0 saturated carbocycles. The fraction of sp³-hybridized carbons (Fsp3) is 0.0172. The summed E-state index contributed by atoms with van der Waals surface area (Å²) in [7, 11) is 0. The molecular formula is C58H36N2O. The topological polar surface area (TPSA) is 38.1 Å². The van der Waals surface area contributed by atoms with Crippen molar-refractivity contribution in [2.45, 2.75) is 6.04 Å². The van der Waals surface area contributed by atoms with E-state index in [1.54, 1.807) is 0 Å². The quantitative estimate of drug-likeness (QED) is 0.181. The number of nitrogens with zero attached hydrogens (tertiary/aromatic N) is 1. The minimum atomic E-state index is -0.00440. The first-order chi connectivity index (χ1) is 30.2. The molecule has 0 saturated heterocycles. The Balaban J connectivity index is 0.970. The van der Waals surface area contributed by atoms with Gasteiger partial charge in [0.2, 0.25) is 0 Å². The van der Waals surface area contributed by atoms with Crippen LogP contribution in [0.2, 0.25) is 0 Å². The molecule has 0 aliphatic carbocycles. The van der Waals surface area contributed by atoms with Crippen molar-refractivity contribution in [2.75, 3.05) is 5.32 Å². The molecule has 284 valence electrons. The molecule has 1 aliphatic heterocycles. The Morgan fingerprint density at radius 3 is 1.89 bits per heavy atom. The van der Waals surface area contributed by atoms with E-state index in [-0.39, 0.29) is 6.04 Å². The lowest BCUT2D eigenvalue weighted by molar-refractivity contribution is 0.673. The highest BCUT2D eigenvalue weighted by Gasteiger charge is 2.29. The highest BCUT2D eigenvalue weighted by atomic mass is 16.3. The number of aromatic nitrogens is 1. The van der Waals surface area contributed by atoms with Gasteiger partial charge in [0.25, 0.3) is 0 Å². The van der Waals surface area contributed by atoms with Crippen molar-refractivity contribution < 1.29 is 4.42 Å². The zero-order chi connectivity index (χ0) is 40.0. The third-order valence-corrected chi connectivity index (χ3v) is 12.9. The Bertz CT molecular complexity index is 3720. The second-order valence-corrected chi connectivity index (χ2v) is 16.3. The number of hydrogen-bond donors (Lipinski definition) is 1. The molecule has 2 aromatic heterocycles. The molecule has 0 amide bonds. The number of nitrogens with one attached hydrogen (secondary N) is 1. The SMILES string of the molecule is c1ccc(-c2nc3cc(-c4ccc(-c5cc6c(c7ccccc57)-c5cc7ccccc7cc5NC6c5ccccc5)cc4)ccc3c3c2ccc2c4ccccc4oc23)cc1. The van der Waals surface area contributed by atoms with Gasteiger partial charge in [-0.05, 0) is 96.9 Å². The van der Waals surface area contributed by atoms with Crippen molar-refractivity contribution in [1.29, 1.82) is 0 Å². The molecule has 3 heterocycles. The number of furan rings is 1. The molecule has 10 aromatic carbocycles. The normalized spacial score (nSPS) is 13.5. The summed E-state index contributed by atoms with van der Waals surface area (Å²) in [6.45, 7) is 0. The third kappa shape index (κ3) is 5.27. The summed E-state index contributed by atoms with van der Waals surface area (Å²) in [5.74, 6) is 0. The lowest BCUT2D eigenvalue weighted by Crippen LogP contribution is -2.18. The maximum absolute atomic E-state index is 6.63. The fourth-order valence-electron chi connectivity index (χ4n) is 9.98. The van der Waals surface area contributed by atoms with Crippen molar-refractivity contribution in [2.24, 2.45) is 0 Å². The van der Waals surface area contributed by atoms with E-state index < -0.39 is 0 Å². The van der Waals surface area contributed by atoms with Gasteiger partial charge in [0.1, 0.15) is 11.2 Å². The van der Waals surface area contributed by atoms with Crippen molar-refractivity contribution in [3.8, 4) is 44.6 Å². The predicted molar refractivity (Wildman–Crippen MR) is 255 cm³/mol. The second kappa shape index (κ2) is 13.3. The van der Waals surface area contributed by atoms with Crippen molar-refractivity contribution >= 4 is 70.8 Å². The molecule has 61 heavy (non-hydrogen) atoms. The van der Waals surface area contributed by atoms with Gasteiger partial charge in [-0.25, -0.2) is 4.98 Å². The van der Waals surface area contributed by atoms with Gasteiger partial charge in [0.15, 0.2) is 0 Å². The number of hydrogen-bond acceptors (Lipinski definition) is 3. The smallest absolute Gasteiger partial charge is 0.144 e. The first-order valence-electron chi connectivity index (χ1n) is 21.0. The summed E-state index contributed by atoms with van der Waals surface area (Å²) >= 11 is 0. The van der Waals surface area contributed by atoms with Gasteiger partial charge in [0.05, 0.1) is 17.3 Å². The van der Waals surface area contributed by atoms with Crippen LogP contribution in [0.5, 0.6) is 0 Å². The van der Waals surface area contributed by atoms with E-state index in [1.165, 1.54) is 54.9 Å². The molecule has 1 unspecified atom stereocenters. The summed E-state index contributed by atoms with van der Waals surface area (Å²) < 4.78 is 6.63. The number of benzene rings is 10. The van der Waals surface area contributed by atoms with Gasteiger partial charge in [-0.1, -0.05) is 170 Å². The summed E-state index contributed by atoms with van der Waals surface area (Å²) in [6.07, 6.45) is 0. The summed E-state index contributed by atoms with van der Waals surface area (Å²) in [5.41, 5.74) is 15.7. The van der Waals surface area contributed by atoms with Crippen LogP contribution in [0.1, 0.15) is 17.2 Å². The van der Waals surface area contributed by atoms with Crippen LogP contribution in [0.15, 0.2) is 211 Å². The van der Waals surface area contributed by atoms with Crippen LogP contribution >= 0.6 is 0 Å². The van der Waals surface area contributed by atoms with E-state index in [4.69, 9.17) is 9.40 Å². The minimum absolute atomic E-state index is 0.00440. The van der Waals surface area contributed by atoms with Crippen LogP contribution in [0.25, 0.3) is 110 Å². The van der Waals surface area contributed by atoms with Gasteiger partial charge < -0.3 is 9.73 Å². The summed E-state index contributed by atoms with van der Waals surface area (Å²) in [4.78, 5) is 5.38. The van der Waals surface area contributed by atoms with Crippen LogP contribution in [-0.2, 0) is 0 Å². The van der Waals surface area contributed by atoms with Crippen LogP contribution < -0.4 is 5.32 Å². The molecule has 3 heteroatoms. The first-order valence-corrected chi connectivity index (χ1v) is 21.0. The maximum Gasteiger partial charge on any atom is 0.144 e. The standard InChI is InChI=1S/C58H36N2O/c1-3-13-37(14-4-1)56-47-30-29-45-43-20-11-12-22-53(43)61-58(45)55(47)46-28-27-41(33-51(46)59-56)35-23-25-36(26-24-35)48-34-50-54(44-21-10-9-19-42(44)48)49-31-39-17-7-8-18-40(39)32-52(49)60-57(50)38-15-5-2-6-16-38/h1-34,57,60H. The van der Waals surface area contributed by atoms with E-state index in [0.717, 1.165) is 71.7 Å². The lowest BCUT2D eigenvalue weighted by atomic mass is 9.80. The zero-order valence-corrected chi connectivity index (χ0v) is 33.1.